The summed E-state index contributed by atoms with van der Waals surface area (Å²) < 4.78 is 0. The molecular formula is C12H22N2O2. The lowest BCUT2D eigenvalue weighted by molar-refractivity contribution is -0.458. The molecule has 0 aliphatic heterocycles. The van der Waals surface area contributed by atoms with Crippen LogP contribution in [0.3, 0.4) is 0 Å². The first-order chi connectivity index (χ1) is 7.70. The minimum absolute atomic E-state index is 0.350. The van der Waals surface area contributed by atoms with Gasteiger partial charge in [0.2, 0.25) is 6.20 Å². The van der Waals surface area contributed by atoms with E-state index in [-0.39, 0.29) is 0 Å². The zero-order valence-electron chi connectivity index (χ0n) is 10.2. The predicted octanol–water partition coefficient (Wildman–Crippen LogP) is 3.41. The molecule has 0 amide bonds. The number of hydroxylamine groups is 1. The molecule has 0 spiro atoms. The van der Waals surface area contributed by atoms with E-state index < -0.39 is 0 Å². The molecule has 0 N–H and O–H groups in total. The maximum absolute atomic E-state index is 11.0. The Kier molecular flexibility index (Phi) is 9.56. The van der Waals surface area contributed by atoms with Gasteiger partial charge in [-0.05, 0) is 24.5 Å². The third kappa shape index (κ3) is 9.37. The number of nitrogens with zero attached hydrogens (tertiary/aromatic N) is 2. The normalized spacial score (nSPS) is 11.4. The van der Waals surface area contributed by atoms with E-state index >= 15 is 0 Å². The summed E-state index contributed by atoms with van der Waals surface area (Å²) in [7, 11) is 0. The molecule has 0 aromatic rings. The lowest BCUT2D eigenvalue weighted by atomic mass is 10.1. The van der Waals surface area contributed by atoms with Crippen molar-refractivity contribution in [3.8, 4) is 0 Å². The summed E-state index contributed by atoms with van der Waals surface area (Å²) in [5.74, 6) is 0.350. The highest BCUT2D eigenvalue weighted by Gasteiger charge is 1.97. The smallest absolute Gasteiger partial charge is 0.202 e. The number of carbonyl (C=O) groups excluding carboxylic acids is 1. The van der Waals surface area contributed by atoms with Crippen LogP contribution in [-0.2, 0) is 4.79 Å². The third-order valence-electron chi connectivity index (χ3n) is 2.40. The third-order valence-corrected chi connectivity index (χ3v) is 2.40. The minimum atomic E-state index is 0.350. The van der Waals surface area contributed by atoms with E-state index in [0.717, 1.165) is 38.3 Å². The monoisotopic (exact) mass is 226 g/mol. The Labute approximate surface area is 97.6 Å². The van der Waals surface area contributed by atoms with Crippen LogP contribution in [0.2, 0.25) is 0 Å². The highest BCUT2D eigenvalue weighted by molar-refractivity contribution is 5.77. The lowest BCUT2D eigenvalue weighted by Crippen LogP contribution is -1.94. The van der Waals surface area contributed by atoms with Gasteiger partial charge in [-0.15, -0.1) is 0 Å². The number of hydrogen-bond donors (Lipinski definition) is 0. The Hall–Kier alpha value is -1.19. The van der Waals surface area contributed by atoms with Crippen LogP contribution in [0.15, 0.2) is 17.9 Å². The van der Waals surface area contributed by atoms with Crippen molar-refractivity contribution < 1.29 is 9.66 Å². The largest absolute Gasteiger partial charge is 0.595 e. The summed E-state index contributed by atoms with van der Waals surface area (Å²) >= 11 is 0. The maximum atomic E-state index is 11.0. The van der Waals surface area contributed by atoms with Crippen molar-refractivity contribution in [2.24, 2.45) is 5.11 Å². The molecule has 0 heterocycles. The first-order valence-corrected chi connectivity index (χ1v) is 5.98. The van der Waals surface area contributed by atoms with E-state index in [1.54, 1.807) is 0 Å². The van der Waals surface area contributed by atoms with Gasteiger partial charge in [0.25, 0.3) is 0 Å². The van der Waals surface area contributed by atoms with Crippen LogP contribution in [0.25, 0.3) is 0 Å². The highest BCUT2D eigenvalue weighted by Crippen LogP contribution is 2.06. The van der Waals surface area contributed by atoms with Crippen molar-refractivity contribution in [3.63, 3.8) is 0 Å². The van der Waals surface area contributed by atoms with E-state index in [9.17, 15) is 10.0 Å². The van der Waals surface area contributed by atoms with Crippen molar-refractivity contribution in [3.05, 3.63) is 18.0 Å². The second kappa shape index (κ2) is 10.3. The Morgan fingerprint density at radius 1 is 1.31 bits per heavy atom. The molecule has 0 aromatic carbocycles. The number of Topliss-reactive ketones (excluding diaryl/α,β-unsaturated/α-hetero) is 1. The van der Waals surface area contributed by atoms with Crippen molar-refractivity contribution in [1.29, 1.82) is 0 Å². The van der Waals surface area contributed by atoms with E-state index in [0.29, 0.717) is 30.0 Å². The number of carbonyl (C=O) groups is 1. The van der Waals surface area contributed by atoms with Crippen LogP contribution >= 0.6 is 0 Å². The molecule has 0 saturated carbocycles. The number of hydrogen-bond acceptors (Lipinski definition) is 3. The molecular weight excluding hydrogens is 204 g/mol. The van der Waals surface area contributed by atoms with Gasteiger partial charge in [0, 0.05) is 12.8 Å². The molecule has 0 radical (unpaired) electrons. The molecule has 16 heavy (non-hydrogen) atoms. The summed E-state index contributed by atoms with van der Waals surface area (Å²) in [6.45, 7) is 5.77. The molecule has 0 aromatic heterocycles. The maximum Gasteiger partial charge on any atom is 0.202 e. The van der Waals surface area contributed by atoms with Crippen LogP contribution < -0.4 is 0 Å². The van der Waals surface area contributed by atoms with E-state index in [4.69, 9.17) is 0 Å². The van der Waals surface area contributed by atoms with Crippen molar-refractivity contribution in [1.82, 2.24) is 0 Å². The molecule has 0 aliphatic rings. The molecule has 4 nitrogen and oxygen atoms in total. The fraction of sp³-hybridized carbons (Fsp3) is 0.750. The molecule has 0 saturated heterocycles. The van der Waals surface area contributed by atoms with Crippen molar-refractivity contribution >= 4 is 5.78 Å². The van der Waals surface area contributed by atoms with E-state index in [2.05, 4.69) is 11.7 Å². The predicted molar refractivity (Wildman–Crippen MR) is 64.1 cm³/mol. The number of rotatable bonds is 10. The van der Waals surface area contributed by atoms with Gasteiger partial charge in [-0.3, -0.25) is 4.79 Å². The molecule has 0 bridgehead atoms. The Balaban J connectivity index is 3.22. The first kappa shape index (κ1) is 14.8. The zero-order valence-corrected chi connectivity index (χ0v) is 10.2. The summed E-state index contributed by atoms with van der Waals surface area (Å²) in [5.41, 5.74) is 0. The molecule has 0 atom stereocenters. The topological polar surface area (TPSA) is 55.5 Å². The van der Waals surface area contributed by atoms with Crippen molar-refractivity contribution in [2.45, 2.75) is 51.9 Å². The standard InChI is InChI=1S/C12H22N2O2/c1-3-12(15)10-8-6-5-7-9-11-13-14(16)4-2/h4H,2-3,5-11H2,1H3. The van der Waals surface area contributed by atoms with Gasteiger partial charge in [-0.2, -0.15) is 0 Å². The first-order valence-electron chi connectivity index (χ1n) is 5.98. The summed E-state index contributed by atoms with van der Waals surface area (Å²) in [6, 6.07) is 0. The van der Waals surface area contributed by atoms with E-state index in [1.165, 1.54) is 0 Å². The van der Waals surface area contributed by atoms with Crippen LogP contribution in [0.5, 0.6) is 0 Å². The number of ketones is 1. The zero-order chi connectivity index (χ0) is 12.2. The van der Waals surface area contributed by atoms with Gasteiger partial charge in [-0.1, -0.05) is 31.0 Å². The fourth-order valence-corrected chi connectivity index (χ4v) is 1.37. The van der Waals surface area contributed by atoms with Gasteiger partial charge in [-0.25, -0.2) is 0 Å². The van der Waals surface area contributed by atoms with Crippen LogP contribution in [0.4, 0.5) is 0 Å². The molecule has 4 heteroatoms. The second-order valence-corrected chi connectivity index (χ2v) is 3.76. The summed E-state index contributed by atoms with van der Waals surface area (Å²) in [4.78, 5) is 11.5. The average molecular weight is 226 g/mol. The lowest BCUT2D eigenvalue weighted by Gasteiger charge is -1.99. The molecule has 0 fully saturated rings. The van der Waals surface area contributed by atoms with Crippen LogP contribution in [-0.4, -0.2) is 17.2 Å². The number of azo groups is 1. The Morgan fingerprint density at radius 2 is 1.94 bits per heavy atom. The van der Waals surface area contributed by atoms with Gasteiger partial charge in [0.15, 0.2) is 0 Å². The molecule has 0 unspecified atom stereocenters. The summed E-state index contributed by atoms with van der Waals surface area (Å²) in [6.07, 6.45) is 7.70. The molecule has 0 aliphatic carbocycles. The SMILES string of the molecule is C=C[N+]([O-])=NCCCCCCCC(=O)CC. The van der Waals surface area contributed by atoms with Crippen LogP contribution in [0, 0.1) is 5.21 Å². The van der Waals surface area contributed by atoms with Gasteiger partial charge in [0.1, 0.15) is 12.3 Å². The Bertz CT molecular complexity index is 237. The Morgan fingerprint density at radius 3 is 2.56 bits per heavy atom. The van der Waals surface area contributed by atoms with E-state index in [1.807, 2.05) is 6.92 Å². The quantitative estimate of drug-likeness (QED) is 0.248. The average Bonchev–Trinajstić information content (AvgIpc) is 2.31. The van der Waals surface area contributed by atoms with Gasteiger partial charge < -0.3 is 5.21 Å². The van der Waals surface area contributed by atoms with Gasteiger partial charge >= 0.3 is 0 Å². The van der Waals surface area contributed by atoms with Crippen molar-refractivity contribution in [2.75, 3.05) is 6.54 Å². The molecule has 92 valence electrons. The fourth-order valence-electron chi connectivity index (χ4n) is 1.37. The van der Waals surface area contributed by atoms with Crippen LogP contribution in [0.1, 0.15) is 51.9 Å². The minimum Gasteiger partial charge on any atom is -0.595 e. The van der Waals surface area contributed by atoms with Gasteiger partial charge in [0.05, 0.1) is 0 Å². The number of unbranched alkanes of at least 4 members (excludes halogenated alkanes) is 4. The molecule has 0 rings (SSSR count). The summed E-state index contributed by atoms with van der Waals surface area (Å²) in [5, 5.41) is 14.4. The second-order valence-electron chi connectivity index (χ2n) is 3.76. The highest BCUT2D eigenvalue weighted by atomic mass is 16.5.